The van der Waals surface area contributed by atoms with Gasteiger partial charge in [-0.1, -0.05) is 5.16 Å². The van der Waals surface area contributed by atoms with E-state index in [0.717, 1.165) is 0 Å². The fourth-order valence-electron chi connectivity index (χ4n) is 1.71. The van der Waals surface area contributed by atoms with E-state index in [-0.39, 0.29) is 30.7 Å². The molecule has 24 heavy (non-hydrogen) atoms. The number of hydrogen-bond donors (Lipinski definition) is 2. The highest BCUT2D eigenvalue weighted by Crippen LogP contribution is 2.12. The molecule has 2 N–H and O–H groups in total. The number of aryl methyl sites for hydroxylation is 1. The molecule has 1 aromatic carbocycles. The van der Waals surface area contributed by atoms with Gasteiger partial charge >= 0.3 is 0 Å². The highest BCUT2D eigenvalue weighted by atomic mass is 32.2. The number of nitrogens with zero attached hydrogens (tertiary/aromatic N) is 2. The van der Waals surface area contributed by atoms with Gasteiger partial charge in [-0.2, -0.15) is 0 Å². The summed E-state index contributed by atoms with van der Waals surface area (Å²) in [7, 11) is -3.33. The largest absolute Gasteiger partial charge is 0.472 e. The second-order valence-corrected chi connectivity index (χ2v) is 6.85. The van der Waals surface area contributed by atoms with Gasteiger partial charge in [-0.25, -0.2) is 13.0 Å². The van der Waals surface area contributed by atoms with Crippen LogP contribution < -0.4 is 14.8 Å². The number of anilines is 1. The van der Waals surface area contributed by atoms with Gasteiger partial charge in [-0.15, -0.1) is 0 Å². The second kappa shape index (κ2) is 7.77. The normalized spacial score (nSPS) is 11.1. The Morgan fingerprint density at radius 1 is 1.25 bits per heavy atom. The van der Waals surface area contributed by atoms with Crippen molar-refractivity contribution in [1.82, 2.24) is 15.6 Å². The van der Waals surface area contributed by atoms with E-state index in [4.69, 9.17) is 4.74 Å². The molecule has 0 fully saturated rings. The van der Waals surface area contributed by atoms with E-state index in [1.165, 1.54) is 24.3 Å². The first kappa shape index (κ1) is 17.7. The lowest BCUT2D eigenvalue weighted by atomic mass is 10.2. The number of carbonyl (C=O) groups is 1. The van der Waals surface area contributed by atoms with Crippen molar-refractivity contribution in [2.24, 2.45) is 0 Å². The SMILES string of the molecule is CCS(=O)(=O)Nc1ccc(C(=O)NCCOc2nonc2C)cc1. The number of rotatable bonds is 8. The van der Waals surface area contributed by atoms with Crippen LogP contribution in [0.25, 0.3) is 0 Å². The Balaban J connectivity index is 1.81. The summed E-state index contributed by atoms with van der Waals surface area (Å²) < 4.78 is 35.1. The van der Waals surface area contributed by atoms with Crippen molar-refractivity contribution in [3.05, 3.63) is 35.5 Å². The number of hydrogen-bond acceptors (Lipinski definition) is 7. The van der Waals surface area contributed by atoms with Crippen molar-refractivity contribution < 1.29 is 22.6 Å². The third kappa shape index (κ3) is 4.95. The van der Waals surface area contributed by atoms with Crippen LogP contribution in [0.4, 0.5) is 5.69 Å². The summed E-state index contributed by atoms with van der Waals surface area (Å²) >= 11 is 0. The topological polar surface area (TPSA) is 123 Å². The minimum Gasteiger partial charge on any atom is -0.472 e. The zero-order valence-corrected chi connectivity index (χ0v) is 14.1. The molecule has 0 bridgehead atoms. The molecule has 10 heteroatoms. The molecule has 1 amide bonds. The minimum atomic E-state index is -3.33. The summed E-state index contributed by atoms with van der Waals surface area (Å²) in [6, 6.07) is 6.14. The van der Waals surface area contributed by atoms with Crippen molar-refractivity contribution in [1.29, 1.82) is 0 Å². The predicted octanol–water partition coefficient (Wildman–Crippen LogP) is 0.948. The molecular weight excluding hydrogens is 336 g/mol. The van der Waals surface area contributed by atoms with Gasteiger partial charge in [0.1, 0.15) is 12.3 Å². The van der Waals surface area contributed by atoms with E-state index in [1.807, 2.05) is 0 Å². The summed E-state index contributed by atoms with van der Waals surface area (Å²) in [6.45, 7) is 3.73. The quantitative estimate of drug-likeness (QED) is 0.676. The van der Waals surface area contributed by atoms with Crippen molar-refractivity contribution in [3.8, 4) is 5.88 Å². The Bertz CT molecular complexity index is 786. The smallest absolute Gasteiger partial charge is 0.278 e. The molecule has 1 heterocycles. The summed E-state index contributed by atoms with van der Waals surface area (Å²) in [5.41, 5.74) is 1.35. The monoisotopic (exact) mass is 354 g/mol. The standard InChI is InChI=1S/C14H18N4O5S/c1-3-24(20,21)18-12-6-4-11(5-7-12)13(19)15-8-9-22-14-10(2)16-23-17-14/h4-7,18H,3,8-9H2,1-2H3,(H,15,19). The van der Waals surface area contributed by atoms with Gasteiger partial charge in [0.25, 0.3) is 11.8 Å². The molecule has 0 aliphatic carbocycles. The van der Waals surface area contributed by atoms with Crippen LogP contribution in [-0.4, -0.2) is 43.5 Å². The van der Waals surface area contributed by atoms with Crippen LogP contribution in [-0.2, 0) is 10.0 Å². The van der Waals surface area contributed by atoms with Crippen LogP contribution in [0.3, 0.4) is 0 Å². The number of benzene rings is 1. The number of sulfonamides is 1. The lowest BCUT2D eigenvalue weighted by Gasteiger charge is -2.08. The van der Waals surface area contributed by atoms with Gasteiger partial charge in [-0.3, -0.25) is 9.52 Å². The molecule has 0 atom stereocenters. The van der Waals surface area contributed by atoms with Gasteiger partial charge in [0.15, 0.2) is 0 Å². The molecule has 130 valence electrons. The van der Waals surface area contributed by atoms with Gasteiger partial charge in [-0.05, 0) is 43.3 Å². The maximum Gasteiger partial charge on any atom is 0.278 e. The first-order valence-corrected chi connectivity index (χ1v) is 8.87. The zero-order chi connectivity index (χ0) is 17.6. The molecule has 0 unspecified atom stereocenters. The molecule has 1 aromatic heterocycles. The maximum absolute atomic E-state index is 12.0. The molecule has 2 aromatic rings. The van der Waals surface area contributed by atoms with Crippen LogP contribution in [0.1, 0.15) is 23.0 Å². The van der Waals surface area contributed by atoms with E-state index in [1.54, 1.807) is 13.8 Å². The lowest BCUT2D eigenvalue weighted by molar-refractivity contribution is 0.0946. The Morgan fingerprint density at radius 3 is 2.54 bits per heavy atom. The first-order valence-electron chi connectivity index (χ1n) is 7.22. The van der Waals surface area contributed by atoms with E-state index >= 15 is 0 Å². The highest BCUT2D eigenvalue weighted by molar-refractivity contribution is 7.92. The number of carbonyl (C=O) groups excluding carboxylic acids is 1. The predicted molar refractivity (Wildman–Crippen MR) is 86.4 cm³/mol. The fraction of sp³-hybridized carbons (Fsp3) is 0.357. The van der Waals surface area contributed by atoms with Crippen LogP contribution in [0, 0.1) is 6.92 Å². The summed E-state index contributed by atoms with van der Waals surface area (Å²) in [6.07, 6.45) is 0. The molecule has 0 saturated heterocycles. The summed E-state index contributed by atoms with van der Waals surface area (Å²) in [5.74, 6) is -0.0224. The third-order valence-electron chi connectivity index (χ3n) is 3.04. The van der Waals surface area contributed by atoms with E-state index in [0.29, 0.717) is 16.9 Å². The molecule has 0 spiro atoms. The van der Waals surface area contributed by atoms with Crippen LogP contribution >= 0.6 is 0 Å². The maximum atomic E-state index is 12.0. The summed E-state index contributed by atoms with van der Waals surface area (Å²) in [5, 5.41) is 9.81. The van der Waals surface area contributed by atoms with E-state index < -0.39 is 10.0 Å². The molecule has 0 aliphatic rings. The second-order valence-electron chi connectivity index (χ2n) is 4.84. The number of aromatic nitrogens is 2. The Labute approximate surface area is 139 Å². The fourth-order valence-corrected chi connectivity index (χ4v) is 2.35. The molecule has 0 radical (unpaired) electrons. The Morgan fingerprint density at radius 2 is 1.96 bits per heavy atom. The molecule has 0 saturated carbocycles. The van der Waals surface area contributed by atoms with Crippen LogP contribution in [0.5, 0.6) is 5.88 Å². The minimum absolute atomic E-state index is 0.0181. The van der Waals surface area contributed by atoms with Gasteiger partial charge in [0.2, 0.25) is 10.0 Å². The van der Waals surface area contributed by atoms with Crippen molar-refractivity contribution in [3.63, 3.8) is 0 Å². The first-order chi connectivity index (χ1) is 11.4. The highest BCUT2D eigenvalue weighted by Gasteiger charge is 2.09. The van der Waals surface area contributed by atoms with Gasteiger partial charge in [0.05, 0.1) is 12.3 Å². The number of ether oxygens (including phenoxy) is 1. The van der Waals surface area contributed by atoms with Crippen molar-refractivity contribution >= 4 is 21.6 Å². The van der Waals surface area contributed by atoms with E-state index in [2.05, 4.69) is 25.0 Å². The molecule has 2 rings (SSSR count). The average Bonchev–Trinajstić information content (AvgIpc) is 2.97. The Hall–Kier alpha value is -2.62. The Kier molecular flexibility index (Phi) is 5.74. The van der Waals surface area contributed by atoms with Crippen LogP contribution in [0.2, 0.25) is 0 Å². The molecule has 0 aliphatic heterocycles. The van der Waals surface area contributed by atoms with Gasteiger partial charge in [0, 0.05) is 11.3 Å². The van der Waals surface area contributed by atoms with Crippen molar-refractivity contribution in [2.75, 3.05) is 23.6 Å². The summed E-state index contributed by atoms with van der Waals surface area (Å²) in [4.78, 5) is 12.0. The number of nitrogens with one attached hydrogen (secondary N) is 2. The molecular formula is C14H18N4O5S. The van der Waals surface area contributed by atoms with Crippen LogP contribution in [0.15, 0.2) is 28.9 Å². The molecule has 9 nitrogen and oxygen atoms in total. The lowest BCUT2D eigenvalue weighted by Crippen LogP contribution is -2.28. The number of amides is 1. The van der Waals surface area contributed by atoms with Crippen molar-refractivity contribution in [2.45, 2.75) is 13.8 Å². The van der Waals surface area contributed by atoms with Gasteiger partial charge < -0.3 is 10.1 Å². The van der Waals surface area contributed by atoms with E-state index in [9.17, 15) is 13.2 Å². The average molecular weight is 354 g/mol. The third-order valence-corrected chi connectivity index (χ3v) is 4.34. The zero-order valence-electron chi connectivity index (χ0n) is 13.3.